The summed E-state index contributed by atoms with van der Waals surface area (Å²) in [4.78, 5) is 21.6. The van der Waals surface area contributed by atoms with Crippen molar-refractivity contribution >= 4 is 54.0 Å². The van der Waals surface area contributed by atoms with E-state index in [1.54, 1.807) is 0 Å². The molecule has 42 valence electrons. The zero-order chi connectivity index (χ0) is 4.50. The van der Waals surface area contributed by atoms with Crippen LogP contribution in [0, 0.1) is 0 Å². The molecule has 0 atom stereocenters. The van der Waals surface area contributed by atoms with Crippen molar-refractivity contribution in [3.05, 3.63) is 0 Å². The van der Waals surface area contributed by atoms with Crippen molar-refractivity contribution in [2.45, 2.75) is 0 Å². The minimum absolute atomic E-state index is 0. The zero-order valence-corrected chi connectivity index (χ0v) is 3.09. The van der Waals surface area contributed by atoms with Gasteiger partial charge in [0.05, 0.1) is 8.41 Å². The van der Waals surface area contributed by atoms with Crippen LogP contribution in [0.5, 0.6) is 0 Å². The molecule has 0 bridgehead atoms. The summed E-state index contributed by atoms with van der Waals surface area (Å²) in [6, 6.07) is 0. The molecule has 0 rings (SSSR count). The molecule has 0 aromatic carbocycles. The SMILES string of the molecule is B.O=P(O)(O)O.[CaH2]. The van der Waals surface area contributed by atoms with Crippen LogP contribution in [0.15, 0.2) is 0 Å². The Labute approximate surface area is 72.7 Å². The Morgan fingerprint density at radius 1 is 1.14 bits per heavy atom. The Morgan fingerprint density at radius 2 is 1.14 bits per heavy atom. The average molecular weight is 154 g/mol. The van der Waals surface area contributed by atoms with E-state index < -0.39 is 7.82 Å². The predicted octanol–water partition coefficient (Wildman–Crippen LogP) is -3.03. The summed E-state index contributed by atoms with van der Waals surface area (Å²) in [5.74, 6) is 0. The summed E-state index contributed by atoms with van der Waals surface area (Å²) in [5, 5.41) is 0. The molecule has 0 unspecified atom stereocenters. The Balaban J connectivity index is -0.0000000800. The van der Waals surface area contributed by atoms with Gasteiger partial charge in [-0.15, -0.1) is 0 Å². The predicted molar refractivity (Wildman–Crippen MR) is 32.7 cm³/mol. The monoisotopic (exact) mass is 154 g/mol. The molecule has 0 amide bonds. The van der Waals surface area contributed by atoms with Crippen LogP contribution in [0.4, 0.5) is 0 Å². The molecule has 0 saturated heterocycles. The molecule has 0 heterocycles. The molecule has 4 nitrogen and oxygen atoms in total. The second-order valence-corrected chi connectivity index (χ2v) is 1.54. The van der Waals surface area contributed by atoms with E-state index in [0.29, 0.717) is 0 Å². The molecule has 7 heavy (non-hydrogen) atoms. The summed E-state index contributed by atoms with van der Waals surface area (Å²) < 4.78 is 8.88. The van der Waals surface area contributed by atoms with E-state index in [4.69, 9.17) is 19.2 Å². The third-order valence-electron chi connectivity index (χ3n) is 0. The molecule has 3 N–H and O–H groups in total. The third-order valence-corrected chi connectivity index (χ3v) is 0. The number of rotatable bonds is 0. The molecule has 0 aliphatic rings. The van der Waals surface area contributed by atoms with Crippen molar-refractivity contribution in [3.63, 3.8) is 0 Å². The molecule has 0 aromatic rings. The van der Waals surface area contributed by atoms with Crippen molar-refractivity contribution < 1.29 is 19.2 Å². The first-order valence-corrected chi connectivity index (χ1v) is 2.35. The van der Waals surface area contributed by atoms with Gasteiger partial charge in [-0.3, -0.25) is 0 Å². The van der Waals surface area contributed by atoms with E-state index in [1.165, 1.54) is 0 Å². The summed E-state index contributed by atoms with van der Waals surface area (Å²) in [6.45, 7) is 0. The first kappa shape index (κ1) is 15.8. The molecule has 0 aliphatic carbocycles. The fourth-order valence-electron chi connectivity index (χ4n) is 0. The van der Waals surface area contributed by atoms with E-state index in [1.807, 2.05) is 0 Å². The van der Waals surface area contributed by atoms with Crippen molar-refractivity contribution in [2.75, 3.05) is 0 Å². The van der Waals surface area contributed by atoms with Crippen LogP contribution < -0.4 is 0 Å². The number of hydrogen-bond acceptors (Lipinski definition) is 1. The third kappa shape index (κ3) is 107. The molecule has 0 saturated carbocycles. The standard InChI is InChI=1S/BH3.Ca.H3O4P.2H/c;;1-5(2,3)4;;/h1H3;;(H3,1,2,3,4);;. The Morgan fingerprint density at radius 3 is 1.14 bits per heavy atom. The van der Waals surface area contributed by atoms with Crippen LogP contribution in [-0.4, -0.2) is 60.8 Å². The van der Waals surface area contributed by atoms with E-state index in [9.17, 15) is 0 Å². The molecular weight excluding hydrogens is 146 g/mol. The molecule has 0 aliphatic heterocycles. The van der Waals surface area contributed by atoms with Crippen molar-refractivity contribution in [3.8, 4) is 0 Å². The normalized spacial score (nSPS) is 8.43. The maximum absolute atomic E-state index is 8.88. The van der Waals surface area contributed by atoms with Crippen LogP contribution in [0.2, 0.25) is 0 Å². The summed E-state index contributed by atoms with van der Waals surface area (Å²) in [6.07, 6.45) is 0. The van der Waals surface area contributed by atoms with Crippen molar-refractivity contribution in [1.82, 2.24) is 0 Å². The summed E-state index contributed by atoms with van der Waals surface area (Å²) in [7, 11) is -4.64. The topological polar surface area (TPSA) is 77.8 Å². The molecule has 0 aromatic heterocycles. The molecule has 0 spiro atoms. The fraction of sp³-hybridized carbons (Fsp3) is 0. The summed E-state index contributed by atoms with van der Waals surface area (Å²) in [5.41, 5.74) is 0. The summed E-state index contributed by atoms with van der Waals surface area (Å²) >= 11 is 0. The van der Waals surface area contributed by atoms with Gasteiger partial charge in [0.15, 0.2) is 0 Å². The van der Waals surface area contributed by atoms with Gasteiger partial charge in [0.2, 0.25) is 0 Å². The number of hydrogen-bond donors (Lipinski definition) is 3. The van der Waals surface area contributed by atoms with Gasteiger partial charge in [-0.05, 0) is 0 Å². The van der Waals surface area contributed by atoms with Crippen LogP contribution in [-0.2, 0) is 4.57 Å². The van der Waals surface area contributed by atoms with Gasteiger partial charge < -0.3 is 14.7 Å². The second kappa shape index (κ2) is 5.57. The van der Waals surface area contributed by atoms with Crippen molar-refractivity contribution in [2.24, 2.45) is 0 Å². The minimum atomic E-state index is -4.64. The molecule has 0 fully saturated rings. The van der Waals surface area contributed by atoms with Gasteiger partial charge in [0.1, 0.15) is 0 Å². The van der Waals surface area contributed by atoms with Gasteiger partial charge in [0.25, 0.3) is 0 Å². The van der Waals surface area contributed by atoms with Gasteiger partial charge in [0, 0.05) is 0 Å². The second-order valence-electron chi connectivity index (χ2n) is 0.513. The Kier molecular flexibility index (Phi) is 12.6. The average Bonchev–Trinajstić information content (AvgIpc) is 0.722. The van der Waals surface area contributed by atoms with Gasteiger partial charge >= 0.3 is 45.6 Å². The maximum atomic E-state index is 8.88. The van der Waals surface area contributed by atoms with Crippen LogP contribution >= 0.6 is 7.82 Å². The first-order valence-electron chi connectivity index (χ1n) is 0.783. The zero-order valence-electron chi connectivity index (χ0n) is 2.20. The van der Waals surface area contributed by atoms with Crippen LogP contribution in [0.1, 0.15) is 0 Å². The van der Waals surface area contributed by atoms with Gasteiger partial charge in [-0.25, -0.2) is 4.57 Å². The molecule has 7 heteroatoms. The van der Waals surface area contributed by atoms with Gasteiger partial charge in [-0.1, -0.05) is 0 Å². The fourth-order valence-corrected chi connectivity index (χ4v) is 0. The van der Waals surface area contributed by atoms with Crippen molar-refractivity contribution in [1.29, 1.82) is 0 Å². The molecule has 0 radical (unpaired) electrons. The van der Waals surface area contributed by atoms with Gasteiger partial charge in [-0.2, -0.15) is 0 Å². The van der Waals surface area contributed by atoms with Crippen LogP contribution in [0.25, 0.3) is 0 Å². The first-order chi connectivity index (χ1) is 2.00. The Hall–Kier alpha value is 1.43. The van der Waals surface area contributed by atoms with Crippen LogP contribution in [0.3, 0.4) is 0 Å². The van der Waals surface area contributed by atoms with E-state index in [0.717, 1.165) is 0 Å². The van der Waals surface area contributed by atoms with E-state index in [-0.39, 0.29) is 46.2 Å². The Bertz CT molecular complexity index is 57.8. The molecular formula is H8BCaO4P. The quantitative estimate of drug-likeness (QED) is 0.256. The number of phosphoric acid groups is 1. The van der Waals surface area contributed by atoms with E-state index in [2.05, 4.69) is 0 Å². The van der Waals surface area contributed by atoms with E-state index >= 15 is 0 Å².